The van der Waals surface area contributed by atoms with E-state index in [-0.39, 0.29) is 18.1 Å². The Morgan fingerprint density at radius 2 is 1.84 bits per heavy atom. The average molecular weight is 458 g/mol. The van der Waals surface area contributed by atoms with Crippen molar-refractivity contribution in [3.05, 3.63) is 66.0 Å². The first-order valence-corrected chi connectivity index (χ1v) is 13.6. The first-order valence-electron chi connectivity index (χ1n) is 11.7. The number of ether oxygens (including phenoxy) is 1. The smallest absolute Gasteiger partial charge is 0.208 e. The van der Waals surface area contributed by atoms with Crippen LogP contribution in [0.4, 0.5) is 0 Å². The van der Waals surface area contributed by atoms with Crippen LogP contribution in [0.5, 0.6) is 0 Å². The Kier molecular flexibility index (Phi) is 7.94. The predicted molar refractivity (Wildman–Crippen MR) is 127 cm³/mol. The average Bonchev–Trinajstić information content (AvgIpc) is 2.80. The van der Waals surface area contributed by atoms with Crippen LogP contribution in [0, 0.1) is 5.92 Å². The van der Waals surface area contributed by atoms with E-state index < -0.39 is 10.0 Å². The number of piperidine rings is 1. The van der Waals surface area contributed by atoms with E-state index in [4.69, 9.17) is 4.74 Å². The lowest BCUT2D eigenvalue weighted by Gasteiger charge is -2.39. The van der Waals surface area contributed by atoms with Crippen LogP contribution < -0.4 is 4.72 Å². The molecule has 2 heterocycles. The molecule has 1 aromatic heterocycles. The van der Waals surface area contributed by atoms with Gasteiger partial charge in [0.15, 0.2) is 0 Å². The van der Waals surface area contributed by atoms with Crippen LogP contribution in [-0.2, 0) is 21.3 Å². The number of hydrogen-bond donors (Lipinski definition) is 1. The van der Waals surface area contributed by atoms with Crippen molar-refractivity contribution in [2.24, 2.45) is 5.92 Å². The van der Waals surface area contributed by atoms with Crippen LogP contribution in [0.2, 0.25) is 0 Å². The third kappa shape index (κ3) is 6.85. The highest BCUT2D eigenvalue weighted by Gasteiger charge is 2.32. The van der Waals surface area contributed by atoms with Crippen molar-refractivity contribution in [3.8, 4) is 0 Å². The van der Waals surface area contributed by atoms with E-state index in [0.717, 1.165) is 51.7 Å². The molecular formula is C25H35N3O3S. The number of rotatable bonds is 8. The van der Waals surface area contributed by atoms with E-state index in [9.17, 15) is 8.42 Å². The van der Waals surface area contributed by atoms with Gasteiger partial charge in [0.2, 0.25) is 10.0 Å². The van der Waals surface area contributed by atoms with Crippen LogP contribution in [0.1, 0.15) is 49.1 Å². The summed E-state index contributed by atoms with van der Waals surface area (Å²) in [6.45, 7) is 3.11. The van der Waals surface area contributed by atoms with Crippen molar-refractivity contribution in [3.63, 3.8) is 0 Å². The Balaban J connectivity index is 1.32. The minimum Gasteiger partial charge on any atom is -0.378 e. The molecule has 1 saturated heterocycles. The van der Waals surface area contributed by atoms with Crippen LogP contribution in [0.3, 0.4) is 0 Å². The second kappa shape index (κ2) is 10.9. The van der Waals surface area contributed by atoms with Gasteiger partial charge in [0.25, 0.3) is 0 Å². The van der Waals surface area contributed by atoms with Gasteiger partial charge in [0.1, 0.15) is 0 Å². The normalized spacial score (nSPS) is 27.3. The number of nitrogens with one attached hydrogen (secondary N) is 1. The van der Waals surface area contributed by atoms with Crippen molar-refractivity contribution in [2.75, 3.05) is 26.0 Å². The lowest BCUT2D eigenvalue weighted by atomic mass is 9.82. The molecule has 1 aliphatic carbocycles. The summed E-state index contributed by atoms with van der Waals surface area (Å²) >= 11 is 0. The van der Waals surface area contributed by atoms with Gasteiger partial charge in [-0.2, -0.15) is 0 Å². The Hall–Kier alpha value is -1.80. The van der Waals surface area contributed by atoms with Gasteiger partial charge in [-0.25, -0.2) is 13.1 Å². The summed E-state index contributed by atoms with van der Waals surface area (Å²) in [5, 5.41) is 0. The number of aromatic nitrogens is 1. The van der Waals surface area contributed by atoms with E-state index in [1.54, 1.807) is 6.20 Å². The zero-order valence-corrected chi connectivity index (χ0v) is 19.7. The molecule has 1 N–H and O–H groups in total. The summed E-state index contributed by atoms with van der Waals surface area (Å²) in [6.07, 6.45) is 10.4. The zero-order valence-electron chi connectivity index (χ0n) is 18.9. The van der Waals surface area contributed by atoms with Crippen molar-refractivity contribution in [1.29, 1.82) is 0 Å². The second-order valence-electron chi connectivity index (χ2n) is 9.36. The van der Waals surface area contributed by atoms with Crippen LogP contribution >= 0.6 is 0 Å². The van der Waals surface area contributed by atoms with Gasteiger partial charge in [0, 0.05) is 44.0 Å². The van der Waals surface area contributed by atoms with E-state index in [1.165, 1.54) is 17.4 Å². The molecule has 2 aliphatic rings. The molecule has 2 atom stereocenters. The summed E-state index contributed by atoms with van der Waals surface area (Å²) in [4.78, 5) is 6.60. The molecule has 1 unspecified atom stereocenters. The highest BCUT2D eigenvalue weighted by atomic mass is 32.2. The predicted octanol–water partition coefficient (Wildman–Crippen LogP) is 3.56. The lowest BCUT2D eigenvalue weighted by Crippen LogP contribution is -2.52. The number of likely N-dealkylation sites (tertiary alicyclic amines) is 1. The monoisotopic (exact) mass is 457 g/mol. The van der Waals surface area contributed by atoms with Gasteiger partial charge >= 0.3 is 0 Å². The Labute approximate surface area is 192 Å². The Morgan fingerprint density at radius 3 is 2.53 bits per heavy atom. The minimum atomic E-state index is -3.25. The van der Waals surface area contributed by atoms with Crippen molar-refractivity contribution in [2.45, 2.75) is 56.7 Å². The fourth-order valence-electron chi connectivity index (χ4n) is 5.15. The SMILES string of the molecule is CS(=O)(=O)N[C@H]1CCN(Cc2cccnc2)CC1COC1CCC(c2ccccc2)CC1. The van der Waals surface area contributed by atoms with E-state index in [2.05, 4.69) is 51.0 Å². The van der Waals surface area contributed by atoms with E-state index in [0.29, 0.717) is 12.5 Å². The molecule has 7 heteroatoms. The summed E-state index contributed by atoms with van der Waals surface area (Å²) in [6, 6.07) is 14.7. The van der Waals surface area contributed by atoms with Gasteiger partial charge in [-0.15, -0.1) is 0 Å². The van der Waals surface area contributed by atoms with E-state index >= 15 is 0 Å². The van der Waals surface area contributed by atoms with Gasteiger partial charge in [-0.3, -0.25) is 9.88 Å². The fourth-order valence-corrected chi connectivity index (χ4v) is 6.01. The molecule has 1 aliphatic heterocycles. The number of hydrogen-bond acceptors (Lipinski definition) is 5. The number of benzene rings is 1. The molecule has 2 fully saturated rings. The Morgan fingerprint density at radius 1 is 1.06 bits per heavy atom. The molecule has 1 saturated carbocycles. The van der Waals surface area contributed by atoms with Crippen molar-refractivity contribution >= 4 is 10.0 Å². The summed E-state index contributed by atoms with van der Waals surface area (Å²) in [5.41, 5.74) is 2.61. The molecule has 2 aromatic rings. The van der Waals surface area contributed by atoms with Gasteiger partial charge in [-0.1, -0.05) is 36.4 Å². The standard InChI is InChI=1S/C25H35N3O3S/c1-32(29,30)27-25-13-15-28(17-20-6-5-14-26-16-20)18-23(25)19-31-24-11-9-22(10-12-24)21-7-3-2-4-8-21/h2-8,14,16,22-25,27H,9-13,15,17-19H2,1H3/t22?,23?,24?,25-/m0/s1. The fraction of sp³-hybridized carbons (Fsp3) is 0.560. The number of pyridine rings is 1. The third-order valence-corrected chi connectivity index (χ3v) is 7.53. The molecule has 6 nitrogen and oxygen atoms in total. The zero-order chi connectivity index (χ0) is 22.4. The van der Waals surface area contributed by atoms with Gasteiger partial charge in [0.05, 0.1) is 19.0 Å². The first-order chi connectivity index (χ1) is 15.5. The second-order valence-corrected chi connectivity index (χ2v) is 11.1. The van der Waals surface area contributed by atoms with Crippen molar-refractivity contribution < 1.29 is 13.2 Å². The largest absolute Gasteiger partial charge is 0.378 e. The molecule has 0 spiro atoms. The molecule has 0 radical (unpaired) electrons. The molecule has 0 amide bonds. The maximum atomic E-state index is 11.9. The summed E-state index contributed by atoms with van der Waals surface area (Å²) < 4.78 is 33.1. The van der Waals surface area contributed by atoms with Crippen LogP contribution in [0.15, 0.2) is 54.9 Å². The van der Waals surface area contributed by atoms with Crippen molar-refractivity contribution in [1.82, 2.24) is 14.6 Å². The minimum absolute atomic E-state index is 0.0733. The summed E-state index contributed by atoms with van der Waals surface area (Å²) in [5.74, 6) is 0.766. The molecule has 32 heavy (non-hydrogen) atoms. The van der Waals surface area contributed by atoms with Gasteiger partial charge < -0.3 is 4.74 Å². The highest BCUT2D eigenvalue weighted by Crippen LogP contribution is 2.34. The first kappa shape index (κ1) is 23.4. The molecule has 1 aromatic carbocycles. The summed E-state index contributed by atoms with van der Waals surface area (Å²) in [7, 11) is -3.25. The lowest BCUT2D eigenvalue weighted by molar-refractivity contribution is -0.0179. The Bertz CT molecular complexity index is 931. The number of nitrogens with zero attached hydrogens (tertiary/aromatic N) is 2. The highest BCUT2D eigenvalue weighted by molar-refractivity contribution is 7.88. The molecule has 4 rings (SSSR count). The quantitative estimate of drug-likeness (QED) is 0.656. The molecular weight excluding hydrogens is 422 g/mol. The molecule has 174 valence electrons. The van der Waals surface area contributed by atoms with Crippen LogP contribution in [-0.4, -0.2) is 56.4 Å². The van der Waals surface area contributed by atoms with Gasteiger partial charge in [-0.05, 0) is 55.2 Å². The van der Waals surface area contributed by atoms with E-state index in [1.807, 2.05) is 12.3 Å². The molecule has 0 bridgehead atoms. The maximum absolute atomic E-state index is 11.9. The third-order valence-electron chi connectivity index (χ3n) is 6.80. The maximum Gasteiger partial charge on any atom is 0.208 e. The number of sulfonamides is 1. The topological polar surface area (TPSA) is 71.5 Å². The van der Waals surface area contributed by atoms with Crippen LogP contribution in [0.25, 0.3) is 0 Å².